The van der Waals surface area contributed by atoms with Gasteiger partial charge in [-0.15, -0.1) is 0 Å². The summed E-state index contributed by atoms with van der Waals surface area (Å²) in [6, 6.07) is 3.81. The molecule has 1 atom stereocenters. The number of phenolic OH excluding ortho intramolecular Hbond substituents is 1. The summed E-state index contributed by atoms with van der Waals surface area (Å²) in [4.78, 5) is 23.1. The van der Waals surface area contributed by atoms with E-state index in [0.717, 1.165) is 13.2 Å². The summed E-state index contributed by atoms with van der Waals surface area (Å²) in [6.07, 6.45) is -2.38. The van der Waals surface area contributed by atoms with Gasteiger partial charge in [0, 0.05) is 5.56 Å². The molecule has 1 unspecified atom stereocenters. The lowest BCUT2D eigenvalue weighted by molar-refractivity contribution is -0.150. The van der Waals surface area contributed by atoms with Gasteiger partial charge >= 0.3 is 12.1 Å². The van der Waals surface area contributed by atoms with Crippen molar-refractivity contribution in [1.82, 2.24) is 0 Å². The number of carbonyl (C=O) groups is 2. The first-order chi connectivity index (χ1) is 9.64. The number of nitrogens with one attached hydrogen (secondary N) is 1. The average molecular weight is 297 g/mol. The van der Waals surface area contributed by atoms with E-state index in [-0.39, 0.29) is 17.0 Å². The Morgan fingerprint density at radius 2 is 1.90 bits per heavy atom. The number of amides is 1. The van der Waals surface area contributed by atoms with Crippen LogP contribution in [-0.4, -0.2) is 35.0 Å². The second-order valence-electron chi connectivity index (χ2n) is 5.32. The largest absolute Gasteiger partial charge is 0.508 e. The number of esters is 1. The maximum atomic E-state index is 11.7. The Hall–Kier alpha value is -2.28. The van der Waals surface area contributed by atoms with Gasteiger partial charge in [-0.2, -0.15) is 0 Å². The number of aliphatic hydroxyl groups is 1. The van der Waals surface area contributed by atoms with E-state index in [1.807, 2.05) is 0 Å². The molecule has 0 heterocycles. The van der Waals surface area contributed by atoms with Crippen molar-refractivity contribution in [2.75, 3.05) is 12.4 Å². The summed E-state index contributed by atoms with van der Waals surface area (Å²) in [6.45, 7) is 5.11. The normalized spacial score (nSPS) is 12.4. The van der Waals surface area contributed by atoms with Crippen molar-refractivity contribution in [3.8, 4) is 5.75 Å². The van der Waals surface area contributed by atoms with Gasteiger partial charge in [-0.25, -0.2) is 9.59 Å². The highest BCUT2D eigenvalue weighted by molar-refractivity contribution is 5.88. The van der Waals surface area contributed by atoms with Crippen molar-refractivity contribution in [2.24, 2.45) is 0 Å². The fourth-order valence-electron chi connectivity index (χ4n) is 1.54. The van der Waals surface area contributed by atoms with E-state index in [9.17, 15) is 19.8 Å². The zero-order valence-corrected chi connectivity index (χ0v) is 12.3. The van der Waals surface area contributed by atoms with Gasteiger partial charge in [0.1, 0.15) is 11.4 Å². The Kier molecular flexibility index (Phi) is 5.15. The molecular weight excluding hydrogens is 278 g/mol. The second kappa shape index (κ2) is 6.45. The lowest BCUT2D eigenvalue weighted by atomic mass is 10.1. The SMILES string of the molecule is COC(=O)C(O)c1cc(O)ccc1NC(=O)OC(C)(C)C. The van der Waals surface area contributed by atoms with Crippen molar-refractivity contribution in [3.63, 3.8) is 0 Å². The van der Waals surface area contributed by atoms with Gasteiger partial charge < -0.3 is 19.7 Å². The molecule has 0 aliphatic carbocycles. The van der Waals surface area contributed by atoms with Gasteiger partial charge in [0.15, 0.2) is 6.10 Å². The van der Waals surface area contributed by atoms with Gasteiger partial charge in [0.2, 0.25) is 0 Å². The molecule has 21 heavy (non-hydrogen) atoms. The summed E-state index contributed by atoms with van der Waals surface area (Å²) < 4.78 is 9.52. The summed E-state index contributed by atoms with van der Waals surface area (Å²) in [5, 5.41) is 21.7. The topological polar surface area (TPSA) is 105 Å². The molecule has 1 aromatic rings. The predicted molar refractivity (Wildman–Crippen MR) is 74.9 cm³/mol. The molecule has 0 aliphatic rings. The molecule has 1 rings (SSSR count). The zero-order valence-electron chi connectivity index (χ0n) is 12.3. The molecular formula is C14H19NO6. The Balaban J connectivity index is 3.02. The van der Waals surface area contributed by atoms with E-state index in [1.54, 1.807) is 20.8 Å². The number of carbonyl (C=O) groups excluding carboxylic acids is 2. The monoisotopic (exact) mass is 297 g/mol. The smallest absolute Gasteiger partial charge is 0.412 e. The molecule has 7 heteroatoms. The quantitative estimate of drug-likeness (QED) is 0.581. The number of aromatic hydroxyl groups is 1. The molecule has 7 nitrogen and oxygen atoms in total. The second-order valence-corrected chi connectivity index (χ2v) is 5.32. The lowest BCUT2D eigenvalue weighted by Gasteiger charge is -2.21. The molecule has 0 saturated heterocycles. The molecule has 0 aliphatic heterocycles. The third kappa shape index (κ3) is 4.96. The van der Waals surface area contributed by atoms with Gasteiger partial charge in [-0.1, -0.05) is 0 Å². The van der Waals surface area contributed by atoms with Gasteiger partial charge in [-0.05, 0) is 39.0 Å². The van der Waals surface area contributed by atoms with E-state index in [4.69, 9.17) is 4.74 Å². The minimum atomic E-state index is -1.63. The van der Waals surface area contributed by atoms with E-state index in [2.05, 4.69) is 10.1 Å². The Labute approximate surface area is 122 Å². The number of aliphatic hydroxyl groups excluding tert-OH is 1. The third-order valence-corrected chi connectivity index (χ3v) is 2.39. The summed E-state index contributed by atoms with van der Waals surface area (Å²) in [5.41, 5.74) is -0.546. The van der Waals surface area contributed by atoms with Crippen molar-refractivity contribution in [1.29, 1.82) is 0 Å². The number of benzene rings is 1. The number of anilines is 1. The molecule has 0 radical (unpaired) electrons. The van der Waals surface area contributed by atoms with Crippen molar-refractivity contribution in [3.05, 3.63) is 23.8 Å². The van der Waals surface area contributed by atoms with Gasteiger partial charge in [-0.3, -0.25) is 5.32 Å². The van der Waals surface area contributed by atoms with Crippen LogP contribution >= 0.6 is 0 Å². The maximum Gasteiger partial charge on any atom is 0.412 e. The molecule has 1 amide bonds. The first-order valence-corrected chi connectivity index (χ1v) is 6.23. The van der Waals surface area contributed by atoms with E-state index in [0.29, 0.717) is 0 Å². The van der Waals surface area contributed by atoms with Crippen LogP contribution in [0.25, 0.3) is 0 Å². The van der Waals surface area contributed by atoms with Crippen LogP contribution in [0.2, 0.25) is 0 Å². The first kappa shape index (κ1) is 16.8. The van der Waals surface area contributed by atoms with Crippen LogP contribution in [0.5, 0.6) is 5.75 Å². The molecule has 0 spiro atoms. The van der Waals surface area contributed by atoms with Crippen molar-refractivity contribution in [2.45, 2.75) is 32.5 Å². The fraction of sp³-hybridized carbons (Fsp3) is 0.429. The minimum Gasteiger partial charge on any atom is -0.508 e. The van der Waals surface area contributed by atoms with Crippen LogP contribution < -0.4 is 5.32 Å². The molecule has 0 fully saturated rings. The summed E-state index contributed by atoms with van der Waals surface area (Å²) >= 11 is 0. The van der Waals surface area contributed by atoms with Crippen LogP contribution in [0.1, 0.15) is 32.4 Å². The Bertz CT molecular complexity index is 535. The highest BCUT2D eigenvalue weighted by Crippen LogP contribution is 2.28. The van der Waals surface area contributed by atoms with Crippen LogP contribution in [0, 0.1) is 0 Å². The number of methoxy groups -OCH3 is 1. The van der Waals surface area contributed by atoms with Crippen LogP contribution in [-0.2, 0) is 14.3 Å². The number of rotatable bonds is 3. The highest BCUT2D eigenvalue weighted by Gasteiger charge is 2.24. The summed E-state index contributed by atoms with van der Waals surface area (Å²) in [5.74, 6) is -1.07. The van der Waals surface area contributed by atoms with Gasteiger partial charge in [0.25, 0.3) is 0 Å². The van der Waals surface area contributed by atoms with Gasteiger partial charge in [0.05, 0.1) is 12.8 Å². The van der Waals surface area contributed by atoms with E-state index in [1.165, 1.54) is 12.1 Å². The first-order valence-electron chi connectivity index (χ1n) is 6.23. The molecule has 0 bridgehead atoms. The third-order valence-electron chi connectivity index (χ3n) is 2.39. The standard InChI is InChI=1S/C14H19NO6/c1-14(2,3)21-13(19)15-10-6-5-8(16)7-9(10)11(17)12(18)20-4/h5-7,11,16-17H,1-4H3,(H,15,19). The maximum absolute atomic E-state index is 11.7. The van der Waals surface area contributed by atoms with Crippen LogP contribution in [0.15, 0.2) is 18.2 Å². The highest BCUT2D eigenvalue weighted by atomic mass is 16.6. The molecule has 116 valence electrons. The molecule has 0 saturated carbocycles. The minimum absolute atomic E-state index is 0.00714. The molecule has 0 aromatic heterocycles. The molecule has 1 aromatic carbocycles. The zero-order chi connectivity index (χ0) is 16.2. The number of phenols is 1. The van der Waals surface area contributed by atoms with E-state index >= 15 is 0 Å². The van der Waals surface area contributed by atoms with Crippen molar-refractivity contribution >= 4 is 17.7 Å². The lowest BCUT2D eigenvalue weighted by Crippen LogP contribution is -2.28. The number of ether oxygens (including phenoxy) is 2. The summed E-state index contributed by atoms with van der Waals surface area (Å²) in [7, 11) is 1.12. The van der Waals surface area contributed by atoms with Crippen LogP contribution in [0.4, 0.5) is 10.5 Å². The average Bonchev–Trinajstić information content (AvgIpc) is 2.36. The number of hydrogen-bond donors (Lipinski definition) is 3. The van der Waals surface area contributed by atoms with E-state index < -0.39 is 23.8 Å². The Morgan fingerprint density at radius 3 is 2.43 bits per heavy atom. The van der Waals surface area contributed by atoms with Crippen LogP contribution in [0.3, 0.4) is 0 Å². The Morgan fingerprint density at radius 1 is 1.29 bits per heavy atom. The fourth-order valence-corrected chi connectivity index (χ4v) is 1.54. The number of hydrogen-bond acceptors (Lipinski definition) is 6. The van der Waals surface area contributed by atoms with Crippen molar-refractivity contribution < 1.29 is 29.3 Å². The molecule has 3 N–H and O–H groups in total. The predicted octanol–water partition coefficient (Wildman–Crippen LogP) is 1.95.